The number of carbonyl (C=O) groups is 3. The molecule has 6 heteroatoms. The number of nitrogens with one attached hydrogen (secondary N) is 2. The number of hydrogen-bond donors (Lipinski definition) is 2. The smallest absolute Gasteiger partial charge is 0.252 e. The van der Waals surface area contributed by atoms with Crippen molar-refractivity contribution < 1.29 is 14.4 Å². The number of hydrogen-bond acceptors (Lipinski definition) is 4. The number of aromatic nitrogens is 1. The lowest BCUT2D eigenvalue weighted by Crippen LogP contribution is -2.52. The zero-order chi connectivity index (χ0) is 16.6. The molecule has 1 fully saturated rings. The van der Waals surface area contributed by atoms with Gasteiger partial charge in [0, 0.05) is 17.5 Å². The fraction of sp³-hybridized carbons (Fsp3) is 0.294. The summed E-state index contributed by atoms with van der Waals surface area (Å²) in [6.07, 6.45) is 0.545. The summed E-state index contributed by atoms with van der Waals surface area (Å²) in [5.74, 6) is -1.09. The quantitative estimate of drug-likeness (QED) is 0.820. The van der Waals surface area contributed by atoms with Crippen LogP contribution in [0.3, 0.4) is 0 Å². The molecule has 1 atom stereocenters. The largest absolute Gasteiger partial charge is 0.340 e. The summed E-state index contributed by atoms with van der Waals surface area (Å²) < 4.78 is 0. The van der Waals surface area contributed by atoms with E-state index in [9.17, 15) is 14.4 Å². The molecule has 23 heavy (non-hydrogen) atoms. The maximum Gasteiger partial charge on any atom is 0.252 e. The Hall–Kier alpha value is -2.76. The summed E-state index contributed by atoms with van der Waals surface area (Å²) in [7, 11) is 0. The van der Waals surface area contributed by atoms with E-state index in [-0.39, 0.29) is 18.2 Å². The molecule has 3 amide bonds. The van der Waals surface area contributed by atoms with Crippen molar-refractivity contribution in [3.63, 3.8) is 0 Å². The van der Waals surface area contributed by atoms with Crippen molar-refractivity contribution in [3.8, 4) is 0 Å². The summed E-state index contributed by atoms with van der Waals surface area (Å²) in [6, 6.07) is 6.68. The van der Waals surface area contributed by atoms with Gasteiger partial charge in [0.1, 0.15) is 6.04 Å². The molecule has 0 radical (unpaired) electrons. The van der Waals surface area contributed by atoms with Gasteiger partial charge in [0.05, 0.1) is 11.1 Å². The third-order valence-corrected chi connectivity index (χ3v) is 3.96. The lowest BCUT2D eigenvalue weighted by Gasteiger charge is -2.22. The minimum Gasteiger partial charge on any atom is -0.340 e. The second-order valence-electron chi connectivity index (χ2n) is 5.76. The normalized spacial score (nSPS) is 17.9. The number of fused-ring (bicyclic) bond motifs is 1. The summed E-state index contributed by atoms with van der Waals surface area (Å²) in [4.78, 5) is 40.1. The predicted octanol–water partition coefficient (Wildman–Crippen LogP) is 1.39. The second kappa shape index (κ2) is 5.79. The van der Waals surface area contributed by atoms with E-state index < -0.39 is 11.9 Å². The SMILES string of the molecule is Cc1cc(C(=O)NC2CCC(=O)NC2=O)c2cccc(C)c2n1. The maximum atomic E-state index is 12.6. The molecule has 1 saturated heterocycles. The molecule has 1 aromatic heterocycles. The van der Waals surface area contributed by atoms with E-state index in [0.717, 1.165) is 22.2 Å². The Kier molecular flexibility index (Phi) is 3.82. The zero-order valence-corrected chi connectivity index (χ0v) is 13.0. The van der Waals surface area contributed by atoms with Crippen molar-refractivity contribution in [1.29, 1.82) is 0 Å². The minimum absolute atomic E-state index is 0.228. The molecule has 6 nitrogen and oxygen atoms in total. The summed E-state index contributed by atoms with van der Waals surface area (Å²) in [5, 5.41) is 5.70. The van der Waals surface area contributed by atoms with E-state index in [1.807, 2.05) is 32.0 Å². The van der Waals surface area contributed by atoms with Crippen molar-refractivity contribution >= 4 is 28.6 Å². The Bertz CT molecular complexity index is 829. The van der Waals surface area contributed by atoms with Crippen molar-refractivity contribution in [2.75, 3.05) is 0 Å². The summed E-state index contributed by atoms with van der Waals surface area (Å²) >= 11 is 0. The number of aryl methyl sites for hydroxylation is 2. The van der Waals surface area contributed by atoms with Crippen LogP contribution in [-0.4, -0.2) is 28.7 Å². The summed E-state index contributed by atoms with van der Waals surface area (Å²) in [6.45, 7) is 3.77. The molecule has 118 valence electrons. The Balaban J connectivity index is 1.94. The van der Waals surface area contributed by atoms with E-state index in [1.165, 1.54) is 0 Å². The first-order valence-corrected chi connectivity index (χ1v) is 7.47. The Morgan fingerprint density at radius 1 is 1.30 bits per heavy atom. The Labute approximate surface area is 133 Å². The van der Waals surface area contributed by atoms with Crippen molar-refractivity contribution in [2.24, 2.45) is 0 Å². The van der Waals surface area contributed by atoms with Gasteiger partial charge in [0.15, 0.2) is 0 Å². The predicted molar refractivity (Wildman–Crippen MR) is 84.9 cm³/mol. The van der Waals surface area contributed by atoms with E-state index >= 15 is 0 Å². The Morgan fingerprint density at radius 2 is 2.09 bits per heavy atom. The summed E-state index contributed by atoms with van der Waals surface area (Å²) in [5.41, 5.74) is 2.99. The van der Waals surface area contributed by atoms with E-state index in [1.54, 1.807) is 6.07 Å². The van der Waals surface area contributed by atoms with Gasteiger partial charge < -0.3 is 5.32 Å². The molecule has 1 unspecified atom stereocenters. The maximum absolute atomic E-state index is 12.6. The van der Waals surface area contributed by atoms with E-state index in [4.69, 9.17) is 0 Å². The lowest BCUT2D eigenvalue weighted by atomic mass is 10.0. The molecule has 0 saturated carbocycles. The number of pyridine rings is 1. The first-order valence-electron chi connectivity index (χ1n) is 7.47. The molecule has 1 aliphatic heterocycles. The fourth-order valence-electron chi connectivity index (χ4n) is 2.78. The average Bonchev–Trinajstić information content (AvgIpc) is 2.50. The fourth-order valence-corrected chi connectivity index (χ4v) is 2.78. The van der Waals surface area contributed by atoms with Gasteiger partial charge in [-0.2, -0.15) is 0 Å². The number of benzene rings is 1. The van der Waals surface area contributed by atoms with Crippen LogP contribution in [0.25, 0.3) is 10.9 Å². The highest BCUT2D eigenvalue weighted by Gasteiger charge is 2.28. The molecule has 1 aliphatic rings. The van der Waals surface area contributed by atoms with Gasteiger partial charge >= 0.3 is 0 Å². The monoisotopic (exact) mass is 311 g/mol. The third kappa shape index (κ3) is 2.92. The Morgan fingerprint density at radius 3 is 2.83 bits per heavy atom. The van der Waals surface area contributed by atoms with E-state index in [2.05, 4.69) is 15.6 Å². The molecule has 2 aromatic rings. The number of piperidine rings is 1. The molecule has 3 rings (SSSR count). The topological polar surface area (TPSA) is 88.2 Å². The highest BCUT2D eigenvalue weighted by atomic mass is 16.2. The molecule has 0 aliphatic carbocycles. The standard InChI is InChI=1S/C17H17N3O3/c1-9-4-3-5-11-12(8-10(2)18-15(9)11)16(22)19-13-6-7-14(21)20-17(13)23/h3-5,8,13H,6-7H2,1-2H3,(H,19,22)(H,20,21,23). The molecular weight excluding hydrogens is 294 g/mol. The highest BCUT2D eigenvalue weighted by Crippen LogP contribution is 2.21. The number of carbonyl (C=O) groups excluding carboxylic acids is 3. The minimum atomic E-state index is -0.687. The first kappa shape index (κ1) is 15.1. The van der Waals surface area contributed by atoms with Crippen molar-refractivity contribution in [2.45, 2.75) is 32.7 Å². The van der Waals surface area contributed by atoms with Crippen LogP contribution >= 0.6 is 0 Å². The van der Waals surface area contributed by atoms with Gasteiger partial charge in [0.2, 0.25) is 11.8 Å². The number of rotatable bonds is 2. The number of para-hydroxylation sites is 1. The molecule has 1 aromatic carbocycles. The molecule has 2 heterocycles. The third-order valence-electron chi connectivity index (χ3n) is 3.96. The van der Waals surface area contributed by atoms with E-state index in [0.29, 0.717) is 12.0 Å². The zero-order valence-electron chi connectivity index (χ0n) is 13.0. The van der Waals surface area contributed by atoms with Crippen LogP contribution in [0.5, 0.6) is 0 Å². The van der Waals surface area contributed by atoms with Gasteiger partial charge in [-0.3, -0.25) is 24.7 Å². The van der Waals surface area contributed by atoms with Crippen LogP contribution in [0, 0.1) is 13.8 Å². The van der Waals surface area contributed by atoms with Gasteiger partial charge in [-0.15, -0.1) is 0 Å². The molecule has 2 N–H and O–H groups in total. The van der Waals surface area contributed by atoms with Crippen molar-refractivity contribution in [1.82, 2.24) is 15.6 Å². The average molecular weight is 311 g/mol. The van der Waals surface area contributed by atoms with Gasteiger partial charge in [0.25, 0.3) is 5.91 Å². The van der Waals surface area contributed by atoms with Crippen LogP contribution in [-0.2, 0) is 9.59 Å². The van der Waals surface area contributed by atoms with Crippen LogP contribution < -0.4 is 10.6 Å². The van der Waals surface area contributed by atoms with Crippen LogP contribution in [0.2, 0.25) is 0 Å². The lowest BCUT2D eigenvalue weighted by molar-refractivity contribution is -0.134. The van der Waals surface area contributed by atoms with Gasteiger partial charge in [-0.05, 0) is 31.9 Å². The number of amides is 3. The van der Waals surface area contributed by atoms with Gasteiger partial charge in [-0.1, -0.05) is 18.2 Å². The second-order valence-corrected chi connectivity index (χ2v) is 5.76. The number of nitrogens with zero attached hydrogens (tertiary/aromatic N) is 1. The van der Waals surface area contributed by atoms with Crippen LogP contribution in [0.15, 0.2) is 24.3 Å². The highest BCUT2D eigenvalue weighted by molar-refractivity contribution is 6.09. The molecular formula is C17H17N3O3. The number of imide groups is 1. The van der Waals surface area contributed by atoms with Gasteiger partial charge in [-0.25, -0.2) is 0 Å². The first-order chi connectivity index (χ1) is 11.0. The molecule has 0 bridgehead atoms. The van der Waals surface area contributed by atoms with Crippen LogP contribution in [0.4, 0.5) is 0 Å². The molecule has 0 spiro atoms. The van der Waals surface area contributed by atoms with Crippen molar-refractivity contribution in [3.05, 3.63) is 41.1 Å². The van der Waals surface area contributed by atoms with Crippen LogP contribution in [0.1, 0.15) is 34.5 Å².